The van der Waals surface area contributed by atoms with E-state index in [1.807, 2.05) is 37.3 Å². The van der Waals surface area contributed by atoms with Crippen molar-refractivity contribution in [1.29, 1.82) is 0 Å². The van der Waals surface area contributed by atoms with Gasteiger partial charge < -0.3 is 25.3 Å². The average Bonchev–Trinajstić information content (AvgIpc) is 2.61. The van der Waals surface area contributed by atoms with E-state index in [1.54, 1.807) is 27.4 Å². The fraction of sp³-hybridized carbons (Fsp3) is 0.278. The molecular formula is C18H23N3O3. The van der Waals surface area contributed by atoms with E-state index in [9.17, 15) is 0 Å². The summed E-state index contributed by atoms with van der Waals surface area (Å²) in [5.41, 5.74) is 8.88. The van der Waals surface area contributed by atoms with Crippen molar-refractivity contribution in [3.05, 3.63) is 47.5 Å². The zero-order valence-electron chi connectivity index (χ0n) is 14.4. The normalized spacial score (nSPS) is 11.1. The third-order valence-electron chi connectivity index (χ3n) is 3.53. The summed E-state index contributed by atoms with van der Waals surface area (Å²) in [6.45, 7) is 2.39. The number of hydrogen-bond donors (Lipinski definition) is 2. The molecule has 0 bridgehead atoms. The SMILES string of the molecule is COc1cc(OC)c(OC)cc1CN=C(N)Nc1ccc(C)cc1. The van der Waals surface area contributed by atoms with Gasteiger partial charge in [0.1, 0.15) is 5.75 Å². The Hall–Kier alpha value is -2.89. The molecule has 2 aromatic rings. The van der Waals surface area contributed by atoms with Gasteiger partial charge in [0.2, 0.25) is 0 Å². The molecule has 0 amide bonds. The number of guanidine groups is 1. The first-order valence-corrected chi connectivity index (χ1v) is 7.50. The number of rotatable bonds is 6. The Morgan fingerprint density at radius 2 is 1.54 bits per heavy atom. The van der Waals surface area contributed by atoms with E-state index in [2.05, 4.69) is 10.3 Å². The Morgan fingerprint density at radius 3 is 2.12 bits per heavy atom. The zero-order valence-corrected chi connectivity index (χ0v) is 14.4. The maximum atomic E-state index is 5.95. The number of nitrogens with two attached hydrogens (primary N) is 1. The lowest BCUT2D eigenvalue weighted by atomic mass is 10.1. The van der Waals surface area contributed by atoms with Crippen molar-refractivity contribution in [3.8, 4) is 17.2 Å². The van der Waals surface area contributed by atoms with Crippen molar-refractivity contribution >= 4 is 11.6 Å². The Kier molecular flexibility index (Phi) is 5.89. The molecule has 0 atom stereocenters. The number of hydrogen-bond acceptors (Lipinski definition) is 4. The highest BCUT2D eigenvalue weighted by Crippen LogP contribution is 2.34. The predicted molar refractivity (Wildman–Crippen MR) is 96.2 cm³/mol. The van der Waals surface area contributed by atoms with E-state index in [1.165, 1.54) is 5.56 Å². The van der Waals surface area contributed by atoms with Gasteiger partial charge in [-0.3, -0.25) is 0 Å². The fourth-order valence-corrected chi connectivity index (χ4v) is 2.21. The number of aryl methyl sites for hydroxylation is 1. The molecule has 24 heavy (non-hydrogen) atoms. The van der Waals surface area contributed by atoms with Gasteiger partial charge in [0, 0.05) is 17.3 Å². The molecular weight excluding hydrogens is 306 g/mol. The molecule has 3 N–H and O–H groups in total. The van der Waals surface area contributed by atoms with Gasteiger partial charge in [0.05, 0.1) is 27.9 Å². The smallest absolute Gasteiger partial charge is 0.193 e. The lowest BCUT2D eigenvalue weighted by Crippen LogP contribution is -2.22. The number of benzene rings is 2. The maximum Gasteiger partial charge on any atom is 0.193 e. The summed E-state index contributed by atoms with van der Waals surface area (Å²) < 4.78 is 16.0. The topological polar surface area (TPSA) is 78.1 Å². The van der Waals surface area contributed by atoms with Crippen LogP contribution in [0.25, 0.3) is 0 Å². The molecule has 0 heterocycles. The lowest BCUT2D eigenvalue weighted by molar-refractivity contribution is 0.347. The van der Waals surface area contributed by atoms with Crippen LogP contribution in [0.1, 0.15) is 11.1 Å². The third-order valence-corrected chi connectivity index (χ3v) is 3.53. The van der Waals surface area contributed by atoms with Crippen LogP contribution >= 0.6 is 0 Å². The van der Waals surface area contributed by atoms with E-state index in [4.69, 9.17) is 19.9 Å². The molecule has 0 unspecified atom stereocenters. The van der Waals surface area contributed by atoms with Crippen molar-refractivity contribution in [3.63, 3.8) is 0 Å². The molecule has 0 aromatic heterocycles. The minimum absolute atomic E-state index is 0.329. The second-order valence-corrected chi connectivity index (χ2v) is 5.21. The summed E-state index contributed by atoms with van der Waals surface area (Å²) in [6, 6.07) is 11.5. The van der Waals surface area contributed by atoms with Gasteiger partial charge in [-0.05, 0) is 25.1 Å². The largest absolute Gasteiger partial charge is 0.496 e. The number of methoxy groups -OCH3 is 3. The van der Waals surface area contributed by atoms with Crippen LogP contribution in [0.2, 0.25) is 0 Å². The van der Waals surface area contributed by atoms with Crippen molar-refractivity contribution < 1.29 is 14.2 Å². The molecule has 6 nitrogen and oxygen atoms in total. The lowest BCUT2D eigenvalue weighted by Gasteiger charge is -2.13. The van der Waals surface area contributed by atoms with Gasteiger partial charge in [-0.1, -0.05) is 17.7 Å². The highest BCUT2D eigenvalue weighted by Gasteiger charge is 2.11. The molecule has 0 radical (unpaired) electrons. The molecule has 128 valence electrons. The van der Waals surface area contributed by atoms with Crippen molar-refractivity contribution in [2.45, 2.75) is 13.5 Å². The summed E-state index contributed by atoms with van der Waals surface area (Å²) in [5, 5.41) is 3.06. The van der Waals surface area contributed by atoms with Crippen LogP contribution in [0.15, 0.2) is 41.4 Å². The van der Waals surface area contributed by atoms with Gasteiger partial charge in [-0.2, -0.15) is 0 Å². The number of nitrogens with one attached hydrogen (secondary N) is 1. The van der Waals surface area contributed by atoms with Gasteiger partial charge >= 0.3 is 0 Å². The molecule has 2 aromatic carbocycles. The second kappa shape index (κ2) is 8.10. The molecule has 0 spiro atoms. The first-order chi connectivity index (χ1) is 11.6. The Bertz CT molecular complexity index is 712. The Balaban J connectivity index is 2.15. The molecule has 2 rings (SSSR count). The van der Waals surface area contributed by atoms with Crippen molar-refractivity contribution in [2.75, 3.05) is 26.6 Å². The number of ether oxygens (including phenoxy) is 3. The van der Waals surface area contributed by atoms with E-state index in [0.29, 0.717) is 29.8 Å². The minimum Gasteiger partial charge on any atom is -0.496 e. The molecule has 6 heteroatoms. The summed E-state index contributed by atoms with van der Waals surface area (Å²) in [7, 11) is 4.77. The summed E-state index contributed by atoms with van der Waals surface area (Å²) in [4.78, 5) is 4.36. The number of nitrogens with zero attached hydrogens (tertiary/aromatic N) is 1. The standard InChI is InChI=1S/C18H23N3O3/c1-12-5-7-14(8-6-12)21-18(19)20-11-13-9-16(23-3)17(24-4)10-15(13)22-2/h5-10H,11H2,1-4H3,(H3,19,20,21). The Labute approximate surface area is 142 Å². The molecule has 0 aliphatic rings. The minimum atomic E-state index is 0.329. The monoisotopic (exact) mass is 329 g/mol. The second-order valence-electron chi connectivity index (χ2n) is 5.21. The van der Waals surface area contributed by atoms with Gasteiger partial charge in [0.25, 0.3) is 0 Å². The van der Waals surface area contributed by atoms with Crippen LogP contribution < -0.4 is 25.3 Å². The Morgan fingerprint density at radius 1 is 0.958 bits per heavy atom. The number of aliphatic imine (C=N–C) groups is 1. The van der Waals surface area contributed by atoms with Gasteiger partial charge in [0.15, 0.2) is 17.5 Å². The first kappa shape index (κ1) is 17.5. The van der Waals surface area contributed by atoms with Crippen LogP contribution in [0.3, 0.4) is 0 Å². The van der Waals surface area contributed by atoms with E-state index in [0.717, 1.165) is 11.3 Å². The summed E-state index contributed by atoms with van der Waals surface area (Å²) in [6.07, 6.45) is 0. The molecule has 0 fully saturated rings. The van der Waals surface area contributed by atoms with Crippen LogP contribution in [-0.4, -0.2) is 27.3 Å². The summed E-state index contributed by atoms with van der Waals surface area (Å²) >= 11 is 0. The molecule has 0 saturated carbocycles. The van der Waals surface area contributed by atoms with Gasteiger partial charge in [-0.25, -0.2) is 4.99 Å². The molecule has 0 aliphatic heterocycles. The van der Waals surface area contributed by atoms with Crippen molar-refractivity contribution in [2.24, 2.45) is 10.7 Å². The number of anilines is 1. The maximum absolute atomic E-state index is 5.95. The first-order valence-electron chi connectivity index (χ1n) is 7.50. The van der Waals surface area contributed by atoms with Crippen molar-refractivity contribution in [1.82, 2.24) is 0 Å². The van der Waals surface area contributed by atoms with E-state index >= 15 is 0 Å². The highest BCUT2D eigenvalue weighted by molar-refractivity contribution is 5.92. The van der Waals surface area contributed by atoms with E-state index < -0.39 is 0 Å². The summed E-state index contributed by atoms with van der Waals surface area (Å²) in [5.74, 6) is 2.22. The zero-order chi connectivity index (χ0) is 17.5. The highest BCUT2D eigenvalue weighted by atomic mass is 16.5. The van der Waals surface area contributed by atoms with Crippen LogP contribution in [0, 0.1) is 6.92 Å². The van der Waals surface area contributed by atoms with Crippen LogP contribution in [0.5, 0.6) is 17.2 Å². The molecule has 0 aliphatic carbocycles. The van der Waals surface area contributed by atoms with E-state index in [-0.39, 0.29) is 0 Å². The predicted octanol–water partition coefficient (Wildman–Crippen LogP) is 2.95. The average molecular weight is 329 g/mol. The fourth-order valence-electron chi connectivity index (χ4n) is 2.21. The quantitative estimate of drug-likeness (QED) is 0.629. The van der Waals surface area contributed by atoms with Crippen LogP contribution in [-0.2, 0) is 6.54 Å². The molecule has 0 saturated heterocycles. The third kappa shape index (κ3) is 4.32. The van der Waals surface area contributed by atoms with Gasteiger partial charge in [-0.15, -0.1) is 0 Å². The van der Waals surface area contributed by atoms with Crippen LogP contribution in [0.4, 0.5) is 5.69 Å².